The number of aromatic nitrogens is 3. The molecule has 1 aliphatic carbocycles. The van der Waals surface area contributed by atoms with Crippen LogP contribution in [-0.2, 0) is 12.8 Å². The Balaban J connectivity index is 1.58. The van der Waals surface area contributed by atoms with Gasteiger partial charge in [0.1, 0.15) is 5.82 Å². The Hall–Kier alpha value is -1.64. The van der Waals surface area contributed by atoms with Crippen LogP contribution >= 0.6 is 0 Å². The summed E-state index contributed by atoms with van der Waals surface area (Å²) in [7, 11) is 0. The molecular weight excluding hydrogens is 246 g/mol. The fourth-order valence-electron chi connectivity index (χ4n) is 2.98. The van der Waals surface area contributed by atoms with Gasteiger partial charge >= 0.3 is 0 Å². The van der Waals surface area contributed by atoms with E-state index < -0.39 is 0 Å². The molecule has 1 aliphatic rings. The van der Waals surface area contributed by atoms with Crippen LogP contribution in [-0.4, -0.2) is 15.2 Å². The van der Waals surface area contributed by atoms with Crippen LogP contribution in [0.15, 0.2) is 24.3 Å². The summed E-state index contributed by atoms with van der Waals surface area (Å²) in [6, 6.07) is 8.74. The van der Waals surface area contributed by atoms with Gasteiger partial charge in [-0.1, -0.05) is 49.1 Å². The van der Waals surface area contributed by atoms with Gasteiger partial charge < -0.3 is 0 Å². The zero-order valence-electron chi connectivity index (χ0n) is 12.2. The molecule has 106 valence electrons. The molecule has 1 N–H and O–H groups in total. The normalized spacial score (nSPS) is 16.4. The molecule has 0 bridgehead atoms. The standard InChI is InChI=1S/C17H23N3/c1-13-7-9-14(10-8-13)11-12-16-18-17(20-19-16)15-5-3-2-4-6-15/h7-10,15H,2-6,11-12H2,1H3,(H,18,19,20). The third kappa shape index (κ3) is 3.27. The maximum atomic E-state index is 4.70. The van der Waals surface area contributed by atoms with Crippen molar-refractivity contribution in [1.82, 2.24) is 15.2 Å². The smallest absolute Gasteiger partial charge is 0.153 e. The van der Waals surface area contributed by atoms with Gasteiger partial charge in [-0.15, -0.1) is 0 Å². The molecule has 1 saturated carbocycles. The van der Waals surface area contributed by atoms with Gasteiger partial charge in [0, 0.05) is 12.3 Å². The van der Waals surface area contributed by atoms with E-state index in [1.807, 2.05) is 0 Å². The number of benzene rings is 1. The Kier molecular flexibility index (Phi) is 4.14. The molecule has 0 amide bonds. The lowest BCUT2D eigenvalue weighted by molar-refractivity contribution is 0.429. The van der Waals surface area contributed by atoms with Crippen molar-refractivity contribution in [1.29, 1.82) is 0 Å². The van der Waals surface area contributed by atoms with Gasteiger partial charge in [-0.3, -0.25) is 5.10 Å². The molecule has 3 heteroatoms. The van der Waals surface area contributed by atoms with E-state index in [-0.39, 0.29) is 0 Å². The van der Waals surface area contributed by atoms with Gasteiger partial charge in [-0.2, -0.15) is 5.10 Å². The second-order valence-corrected chi connectivity index (χ2v) is 5.96. The van der Waals surface area contributed by atoms with Crippen LogP contribution in [0, 0.1) is 6.92 Å². The van der Waals surface area contributed by atoms with Crippen molar-refractivity contribution in [3.8, 4) is 0 Å². The molecule has 3 nitrogen and oxygen atoms in total. The minimum absolute atomic E-state index is 0.591. The highest BCUT2D eigenvalue weighted by molar-refractivity contribution is 5.21. The molecule has 0 atom stereocenters. The van der Waals surface area contributed by atoms with Gasteiger partial charge in [0.2, 0.25) is 0 Å². The van der Waals surface area contributed by atoms with Crippen LogP contribution in [0.3, 0.4) is 0 Å². The maximum absolute atomic E-state index is 4.70. The van der Waals surface area contributed by atoms with Gasteiger partial charge in [-0.05, 0) is 31.7 Å². The average Bonchev–Trinajstić information content (AvgIpc) is 2.97. The fourth-order valence-corrected chi connectivity index (χ4v) is 2.98. The van der Waals surface area contributed by atoms with E-state index >= 15 is 0 Å². The summed E-state index contributed by atoms with van der Waals surface area (Å²) in [6.45, 7) is 2.12. The number of aryl methyl sites for hydroxylation is 3. The first kappa shape index (κ1) is 13.3. The largest absolute Gasteiger partial charge is 0.263 e. The number of rotatable bonds is 4. The number of nitrogens with one attached hydrogen (secondary N) is 1. The molecule has 1 aromatic carbocycles. The number of hydrogen-bond acceptors (Lipinski definition) is 2. The predicted octanol–water partition coefficient (Wildman–Crippen LogP) is 3.95. The first-order chi connectivity index (χ1) is 9.81. The molecule has 20 heavy (non-hydrogen) atoms. The van der Waals surface area contributed by atoms with Gasteiger partial charge in [0.25, 0.3) is 0 Å². The Morgan fingerprint density at radius 2 is 1.80 bits per heavy atom. The SMILES string of the molecule is Cc1ccc(CCc2nc(C3CCCCC3)n[nH]2)cc1. The second-order valence-electron chi connectivity index (χ2n) is 5.96. The van der Waals surface area contributed by atoms with E-state index in [9.17, 15) is 0 Å². The third-order valence-corrected chi connectivity index (χ3v) is 4.29. The highest BCUT2D eigenvalue weighted by Gasteiger charge is 2.19. The Morgan fingerprint density at radius 3 is 2.55 bits per heavy atom. The lowest BCUT2D eigenvalue weighted by atomic mass is 9.89. The molecule has 3 rings (SSSR count). The molecule has 0 unspecified atom stereocenters. The first-order valence-electron chi connectivity index (χ1n) is 7.78. The van der Waals surface area contributed by atoms with E-state index in [4.69, 9.17) is 4.98 Å². The van der Waals surface area contributed by atoms with Gasteiger partial charge in [-0.25, -0.2) is 4.98 Å². The van der Waals surface area contributed by atoms with Crippen LogP contribution in [0.2, 0.25) is 0 Å². The molecule has 0 saturated heterocycles. The zero-order chi connectivity index (χ0) is 13.8. The highest BCUT2D eigenvalue weighted by atomic mass is 15.2. The number of aromatic amines is 1. The molecule has 1 aromatic heterocycles. The maximum Gasteiger partial charge on any atom is 0.153 e. The predicted molar refractivity (Wildman–Crippen MR) is 80.8 cm³/mol. The highest BCUT2D eigenvalue weighted by Crippen LogP contribution is 2.30. The van der Waals surface area contributed by atoms with E-state index in [1.165, 1.54) is 43.2 Å². The van der Waals surface area contributed by atoms with Crippen molar-refractivity contribution in [2.75, 3.05) is 0 Å². The van der Waals surface area contributed by atoms with Gasteiger partial charge in [0.05, 0.1) is 0 Å². The van der Waals surface area contributed by atoms with Crippen molar-refractivity contribution >= 4 is 0 Å². The fraction of sp³-hybridized carbons (Fsp3) is 0.529. The number of nitrogens with zero attached hydrogens (tertiary/aromatic N) is 2. The van der Waals surface area contributed by atoms with E-state index in [1.54, 1.807) is 0 Å². The summed E-state index contributed by atoms with van der Waals surface area (Å²) < 4.78 is 0. The Bertz CT molecular complexity index is 536. The summed E-state index contributed by atoms with van der Waals surface area (Å²) >= 11 is 0. The molecule has 0 spiro atoms. The minimum atomic E-state index is 0.591. The van der Waals surface area contributed by atoms with Crippen LogP contribution in [0.4, 0.5) is 0 Å². The first-order valence-corrected chi connectivity index (χ1v) is 7.78. The molecule has 1 heterocycles. The summed E-state index contributed by atoms with van der Waals surface area (Å²) in [5.74, 6) is 2.67. The third-order valence-electron chi connectivity index (χ3n) is 4.29. The van der Waals surface area contributed by atoms with Crippen molar-refractivity contribution in [2.45, 2.75) is 57.8 Å². The Labute approximate surface area is 120 Å². The molecule has 0 aliphatic heterocycles. The minimum Gasteiger partial charge on any atom is -0.263 e. The number of hydrogen-bond donors (Lipinski definition) is 1. The Morgan fingerprint density at radius 1 is 1.05 bits per heavy atom. The molecule has 2 aromatic rings. The van der Waals surface area contributed by atoms with Crippen molar-refractivity contribution < 1.29 is 0 Å². The quantitative estimate of drug-likeness (QED) is 0.913. The van der Waals surface area contributed by atoms with Crippen molar-refractivity contribution in [3.05, 3.63) is 47.0 Å². The monoisotopic (exact) mass is 269 g/mol. The molecule has 1 fully saturated rings. The number of H-pyrrole nitrogens is 1. The topological polar surface area (TPSA) is 41.6 Å². The summed E-state index contributed by atoms with van der Waals surface area (Å²) in [4.78, 5) is 4.70. The van der Waals surface area contributed by atoms with Crippen LogP contribution in [0.1, 0.15) is 60.8 Å². The van der Waals surface area contributed by atoms with Crippen LogP contribution in [0.5, 0.6) is 0 Å². The van der Waals surface area contributed by atoms with E-state index in [0.29, 0.717) is 5.92 Å². The summed E-state index contributed by atoms with van der Waals surface area (Å²) in [5.41, 5.74) is 2.68. The van der Waals surface area contributed by atoms with Gasteiger partial charge in [0.15, 0.2) is 5.82 Å². The summed E-state index contributed by atoms with van der Waals surface area (Å²) in [6.07, 6.45) is 8.53. The summed E-state index contributed by atoms with van der Waals surface area (Å²) in [5, 5.41) is 7.55. The zero-order valence-corrected chi connectivity index (χ0v) is 12.2. The van der Waals surface area contributed by atoms with Crippen molar-refractivity contribution in [2.24, 2.45) is 0 Å². The lowest BCUT2D eigenvalue weighted by Gasteiger charge is -2.17. The van der Waals surface area contributed by atoms with Crippen molar-refractivity contribution in [3.63, 3.8) is 0 Å². The van der Waals surface area contributed by atoms with E-state index in [2.05, 4.69) is 41.4 Å². The van der Waals surface area contributed by atoms with E-state index in [0.717, 1.165) is 24.5 Å². The lowest BCUT2D eigenvalue weighted by Crippen LogP contribution is -2.06. The van der Waals surface area contributed by atoms with Crippen LogP contribution in [0.25, 0.3) is 0 Å². The molecule has 0 radical (unpaired) electrons. The molecular formula is C17H23N3. The van der Waals surface area contributed by atoms with Crippen LogP contribution < -0.4 is 0 Å². The second kappa shape index (κ2) is 6.21. The average molecular weight is 269 g/mol.